The van der Waals surface area contributed by atoms with Crippen molar-refractivity contribution in [2.45, 2.75) is 31.2 Å². The summed E-state index contributed by atoms with van der Waals surface area (Å²) in [6, 6.07) is 5.15. The first-order valence-corrected chi connectivity index (χ1v) is 6.76. The number of rotatable bonds is 1. The summed E-state index contributed by atoms with van der Waals surface area (Å²) in [7, 11) is 0. The average molecular weight is 302 g/mol. The molecular formula is C13H13Cl2NO3. The summed E-state index contributed by atoms with van der Waals surface area (Å²) >= 11 is 12.3. The van der Waals surface area contributed by atoms with E-state index in [0.717, 1.165) is 0 Å². The summed E-state index contributed by atoms with van der Waals surface area (Å²) in [5.74, 6) is -0.410. The van der Waals surface area contributed by atoms with Crippen LogP contribution in [0, 0.1) is 5.92 Å². The van der Waals surface area contributed by atoms with Crippen molar-refractivity contribution in [3.05, 3.63) is 33.8 Å². The Morgan fingerprint density at radius 2 is 2.00 bits per heavy atom. The SMILES string of the molecule is C[C@@]1(O)C[C@H](O)[C@H]2C(c3c(Cl)cccc3Cl)=NO[C@H]21. The predicted octanol–water partition coefficient (Wildman–Crippen LogP) is 2.23. The number of nitrogens with zero attached hydrogens (tertiary/aromatic N) is 1. The lowest BCUT2D eigenvalue weighted by Gasteiger charge is -2.21. The van der Waals surface area contributed by atoms with E-state index in [4.69, 9.17) is 28.0 Å². The van der Waals surface area contributed by atoms with Gasteiger partial charge in [-0.1, -0.05) is 34.4 Å². The van der Waals surface area contributed by atoms with Crippen molar-refractivity contribution >= 4 is 28.9 Å². The van der Waals surface area contributed by atoms with Crippen LogP contribution < -0.4 is 0 Å². The van der Waals surface area contributed by atoms with Crippen LogP contribution in [-0.4, -0.2) is 33.7 Å². The number of halogens is 2. The van der Waals surface area contributed by atoms with Crippen molar-refractivity contribution in [2.75, 3.05) is 0 Å². The molecule has 0 radical (unpaired) electrons. The summed E-state index contributed by atoms with van der Waals surface area (Å²) in [6.45, 7) is 1.63. The minimum Gasteiger partial charge on any atom is -0.392 e. The molecule has 0 aromatic heterocycles. The third-order valence-electron chi connectivity index (χ3n) is 3.78. The summed E-state index contributed by atoms with van der Waals surface area (Å²) in [5.41, 5.74) is -0.0377. The summed E-state index contributed by atoms with van der Waals surface area (Å²) in [4.78, 5) is 5.30. The molecule has 102 valence electrons. The van der Waals surface area contributed by atoms with Crippen LogP contribution in [0.15, 0.2) is 23.4 Å². The molecule has 2 aliphatic rings. The molecule has 0 saturated heterocycles. The highest BCUT2D eigenvalue weighted by atomic mass is 35.5. The van der Waals surface area contributed by atoms with Crippen molar-refractivity contribution in [1.82, 2.24) is 0 Å². The number of hydrogen-bond donors (Lipinski definition) is 2. The Bertz CT molecular complexity index is 539. The fourth-order valence-electron chi connectivity index (χ4n) is 2.89. The van der Waals surface area contributed by atoms with E-state index in [0.29, 0.717) is 21.3 Å². The summed E-state index contributed by atoms with van der Waals surface area (Å²) in [5, 5.41) is 25.2. The molecule has 6 heteroatoms. The monoisotopic (exact) mass is 301 g/mol. The van der Waals surface area contributed by atoms with Crippen molar-refractivity contribution in [1.29, 1.82) is 0 Å². The third kappa shape index (κ3) is 1.94. The maximum Gasteiger partial charge on any atom is 0.166 e. The van der Waals surface area contributed by atoms with E-state index in [9.17, 15) is 10.2 Å². The van der Waals surface area contributed by atoms with Gasteiger partial charge in [-0.05, 0) is 19.1 Å². The van der Waals surface area contributed by atoms with Gasteiger partial charge in [-0.3, -0.25) is 0 Å². The second-order valence-corrected chi connectivity index (χ2v) is 6.07. The van der Waals surface area contributed by atoms with Gasteiger partial charge in [0.1, 0.15) is 5.60 Å². The first-order chi connectivity index (χ1) is 8.92. The topological polar surface area (TPSA) is 62.0 Å². The van der Waals surface area contributed by atoms with Crippen LogP contribution in [0.5, 0.6) is 0 Å². The van der Waals surface area contributed by atoms with Gasteiger partial charge in [-0.15, -0.1) is 0 Å². The Morgan fingerprint density at radius 1 is 1.37 bits per heavy atom. The number of benzene rings is 1. The maximum absolute atomic E-state index is 10.2. The van der Waals surface area contributed by atoms with Crippen LogP contribution >= 0.6 is 23.2 Å². The molecule has 1 aliphatic heterocycles. The summed E-state index contributed by atoms with van der Waals surface area (Å²) in [6.07, 6.45) is -1.05. The van der Waals surface area contributed by atoms with Crippen molar-refractivity contribution in [2.24, 2.45) is 11.1 Å². The fourth-order valence-corrected chi connectivity index (χ4v) is 3.48. The zero-order valence-corrected chi connectivity index (χ0v) is 11.7. The number of aliphatic hydroxyl groups is 2. The quantitative estimate of drug-likeness (QED) is 0.836. The Kier molecular flexibility index (Phi) is 3.02. The van der Waals surface area contributed by atoms with E-state index in [1.165, 1.54) is 0 Å². The number of fused-ring (bicyclic) bond motifs is 1. The molecule has 1 heterocycles. The van der Waals surface area contributed by atoms with Crippen LogP contribution in [0.25, 0.3) is 0 Å². The predicted molar refractivity (Wildman–Crippen MR) is 72.6 cm³/mol. The number of hydrogen-bond acceptors (Lipinski definition) is 4. The number of oxime groups is 1. The second-order valence-electron chi connectivity index (χ2n) is 5.25. The Morgan fingerprint density at radius 3 is 2.63 bits per heavy atom. The van der Waals surface area contributed by atoms with Crippen molar-refractivity contribution < 1.29 is 15.1 Å². The molecular weight excluding hydrogens is 289 g/mol. The highest BCUT2D eigenvalue weighted by Crippen LogP contribution is 2.44. The molecule has 4 atom stereocenters. The van der Waals surface area contributed by atoms with Gasteiger partial charge in [0, 0.05) is 12.0 Å². The lowest BCUT2D eigenvalue weighted by Crippen LogP contribution is -2.37. The molecule has 1 fully saturated rings. The van der Waals surface area contributed by atoms with E-state index in [2.05, 4.69) is 5.16 Å². The zero-order valence-electron chi connectivity index (χ0n) is 10.2. The van der Waals surface area contributed by atoms with Crippen molar-refractivity contribution in [3.8, 4) is 0 Å². The average Bonchev–Trinajstić information content (AvgIpc) is 2.81. The van der Waals surface area contributed by atoms with Gasteiger partial charge < -0.3 is 15.1 Å². The van der Waals surface area contributed by atoms with Gasteiger partial charge >= 0.3 is 0 Å². The van der Waals surface area contributed by atoms with Gasteiger partial charge in [-0.2, -0.15) is 0 Å². The molecule has 0 spiro atoms. The minimum atomic E-state index is -1.11. The van der Waals surface area contributed by atoms with Crippen LogP contribution in [0.1, 0.15) is 18.9 Å². The van der Waals surface area contributed by atoms with Gasteiger partial charge in [0.25, 0.3) is 0 Å². The molecule has 3 rings (SSSR count). The third-order valence-corrected chi connectivity index (χ3v) is 4.41. The van der Waals surface area contributed by atoms with E-state index in [1.54, 1.807) is 25.1 Å². The van der Waals surface area contributed by atoms with Crippen LogP contribution in [-0.2, 0) is 4.84 Å². The van der Waals surface area contributed by atoms with E-state index >= 15 is 0 Å². The van der Waals surface area contributed by atoms with Gasteiger partial charge in [0.15, 0.2) is 6.10 Å². The minimum absolute atomic E-state index is 0.240. The Balaban J connectivity index is 2.05. The van der Waals surface area contributed by atoms with Crippen LogP contribution in [0.3, 0.4) is 0 Å². The Labute approximate surface area is 120 Å². The van der Waals surface area contributed by atoms with E-state index in [1.807, 2.05) is 0 Å². The molecule has 0 bridgehead atoms. The van der Waals surface area contributed by atoms with Crippen LogP contribution in [0.4, 0.5) is 0 Å². The number of aliphatic hydroxyl groups excluding tert-OH is 1. The molecule has 1 aliphatic carbocycles. The molecule has 4 nitrogen and oxygen atoms in total. The van der Waals surface area contributed by atoms with Crippen LogP contribution in [0.2, 0.25) is 10.0 Å². The lowest BCUT2D eigenvalue weighted by atomic mass is 9.91. The zero-order chi connectivity index (χ0) is 13.8. The lowest BCUT2D eigenvalue weighted by molar-refractivity contribution is -0.0738. The van der Waals surface area contributed by atoms with Crippen molar-refractivity contribution in [3.63, 3.8) is 0 Å². The molecule has 2 N–H and O–H groups in total. The molecule has 0 unspecified atom stereocenters. The largest absolute Gasteiger partial charge is 0.392 e. The fraction of sp³-hybridized carbons (Fsp3) is 0.462. The molecule has 19 heavy (non-hydrogen) atoms. The second kappa shape index (κ2) is 4.35. The Hall–Kier alpha value is -0.810. The van der Waals surface area contributed by atoms with Gasteiger partial charge in [-0.25, -0.2) is 0 Å². The smallest absolute Gasteiger partial charge is 0.166 e. The van der Waals surface area contributed by atoms with E-state index in [-0.39, 0.29) is 6.42 Å². The highest BCUT2D eigenvalue weighted by Gasteiger charge is 2.57. The first-order valence-electron chi connectivity index (χ1n) is 6.00. The molecule has 1 aromatic carbocycles. The first kappa shape index (κ1) is 13.2. The highest BCUT2D eigenvalue weighted by molar-refractivity contribution is 6.40. The molecule has 0 amide bonds. The molecule has 1 aromatic rings. The summed E-state index contributed by atoms with van der Waals surface area (Å²) < 4.78 is 0. The normalized spacial score (nSPS) is 36.9. The van der Waals surface area contributed by atoms with Gasteiger partial charge in [0.2, 0.25) is 0 Å². The maximum atomic E-state index is 10.2. The van der Waals surface area contributed by atoms with Gasteiger partial charge in [0.05, 0.1) is 27.8 Å². The molecule has 1 saturated carbocycles. The standard InChI is InChI=1S/C13H13Cl2NO3/c1-13(18)5-8(17)10-11(16-19-12(10)13)9-6(14)3-2-4-7(9)15/h2-4,8,10,12,17-18H,5H2,1H3/t8-,10-,12+,13+/m0/s1. The van der Waals surface area contributed by atoms with E-state index < -0.39 is 23.7 Å².